The predicted octanol–water partition coefficient (Wildman–Crippen LogP) is 1.99. The first-order chi connectivity index (χ1) is 9.70. The van der Waals surface area contributed by atoms with Crippen LogP contribution >= 0.6 is 0 Å². The molecule has 2 N–H and O–H groups in total. The molecule has 0 saturated carbocycles. The van der Waals surface area contributed by atoms with E-state index in [4.69, 9.17) is 5.11 Å². The molecule has 4 heteroatoms. The van der Waals surface area contributed by atoms with Crippen molar-refractivity contribution in [1.29, 1.82) is 0 Å². The summed E-state index contributed by atoms with van der Waals surface area (Å²) in [6.45, 7) is 1.63. The quantitative estimate of drug-likeness (QED) is 0.817. The summed E-state index contributed by atoms with van der Waals surface area (Å²) < 4.78 is 0. The fourth-order valence-electron chi connectivity index (χ4n) is 1.69. The summed E-state index contributed by atoms with van der Waals surface area (Å²) in [7, 11) is 0. The number of nitrogens with one attached hydrogen (secondary N) is 1. The van der Waals surface area contributed by atoms with Gasteiger partial charge in [0.1, 0.15) is 6.61 Å². The molecule has 0 aliphatic carbocycles. The highest BCUT2D eigenvalue weighted by Gasteiger charge is 2.08. The van der Waals surface area contributed by atoms with E-state index in [0.717, 1.165) is 5.69 Å². The first kappa shape index (κ1) is 13.8. The minimum atomic E-state index is -0.214. The first-order valence-corrected chi connectivity index (χ1v) is 6.13. The number of aryl methyl sites for hydroxylation is 1. The molecule has 2 rings (SSSR count). The molecule has 4 nitrogen and oxygen atoms in total. The van der Waals surface area contributed by atoms with Gasteiger partial charge >= 0.3 is 0 Å². The monoisotopic (exact) mass is 266 g/mol. The number of benzene rings is 1. The lowest BCUT2D eigenvalue weighted by Gasteiger charge is -2.07. The van der Waals surface area contributed by atoms with Gasteiger partial charge in [-0.25, -0.2) is 0 Å². The molecule has 0 atom stereocenters. The molecule has 1 amide bonds. The van der Waals surface area contributed by atoms with Crippen LogP contribution in [0.5, 0.6) is 0 Å². The molecule has 20 heavy (non-hydrogen) atoms. The largest absolute Gasteiger partial charge is 0.384 e. The van der Waals surface area contributed by atoms with Gasteiger partial charge in [0.05, 0.1) is 11.4 Å². The number of pyridine rings is 1. The van der Waals surface area contributed by atoms with E-state index in [1.165, 1.54) is 0 Å². The van der Waals surface area contributed by atoms with Gasteiger partial charge in [-0.3, -0.25) is 9.78 Å². The molecule has 2 aromatic rings. The summed E-state index contributed by atoms with van der Waals surface area (Å²) in [5.41, 5.74) is 2.65. The van der Waals surface area contributed by atoms with Gasteiger partial charge in [0.2, 0.25) is 0 Å². The Hall–Kier alpha value is -2.64. The van der Waals surface area contributed by atoms with Gasteiger partial charge < -0.3 is 10.4 Å². The van der Waals surface area contributed by atoms with Crippen LogP contribution in [0.1, 0.15) is 21.6 Å². The highest BCUT2D eigenvalue weighted by atomic mass is 16.2. The number of hydrogen-bond donors (Lipinski definition) is 2. The van der Waals surface area contributed by atoms with Crippen molar-refractivity contribution in [3.63, 3.8) is 0 Å². The highest BCUT2D eigenvalue weighted by Crippen LogP contribution is 2.13. The predicted molar refractivity (Wildman–Crippen MR) is 77.3 cm³/mol. The minimum Gasteiger partial charge on any atom is -0.384 e. The first-order valence-electron chi connectivity index (χ1n) is 6.13. The molecule has 0 radical (unpaired) electrons. The SMILES string of the molecule is Cc1ncccc1NC(=O)c1cccc(C#CCO)c1. The van der Waals surface area contributed by atoms with Crippen molar-refractivity contribution in [2.75, 3.05) is 11.9 Å². The zero-order valence-corrected chi connectivity index (χ0v) is 11.1. The van der Waals surface area contributed by atoms with Crippen molar-refractivity contribution in [2.45, 2.75) is 6.92 Å². The summed E-state index contributed by atoms with van der Waals surface area (Å²) in [5, 5.41) is 11.5. The van der Waals surface area contributed by atoms with E-state index < -0.39 is 0 Å². The lowest BCUT2D eigenvalue weighted by Crippen LogP contribution is -2.13. The third-order valence-electron chi connectivity index (χ3n) is 2.69. The lowest BCUT2D eigenvalue weighted by atomic mass is 10.1. The van der Waals surface area contributed by atoms with E-state index in [0.29, 0.717) is 16.8 Å². The molecule has 0 fully saturated rings. The summed E-state index contributed by atoms with van der Waals surface area (Å²) in [6, 6.07) is 10.5. The number of anilines is 1. The van der Waals surface area contributed by atoms with Crippen molar-refractivity contribution in [2.24, 2.45) is 0 Å². The number of amides is 1. The molecule has 0 bridgehead atoms. The number of aliphatic hydroxyl groups is 1. The third-order valence-corrected chi connectivity index (χ3v) is 2.69. The Morgan fingerprint density at radius 1 is 1.35 bits per heavy atom. The summed E-state index contributed by atoms with van der Waals surface area (Å²) in [6.07, 6.45) is 1.68. The maximum atomic E-state index is 12.2. The fraction of sp³-hybridized carbons (Fsp3) is 0.125. The van der Waals surface area contributed by atoms with Crippen LogP contribution in [0.15, 0.2) is 42.6 Å². The van der Waals surface area contributed by atoms with Gasteiger partial charge in [-0.05, 0) is 37.3 Å². The normalized spacial score (nSPS) is 9.50. The van der Waals surface area contributed by atoms with Gasteiger partial charge in [-0.15, -0.1) is 0 Å². The van der Waals surface area contributed by atoms with E-state index >= 15 is 0 Å². The molecule has 1 heterocycles. The molecule has 1 aromatic carbocycles. The number of carbonyl (C=O) groups excluding carboxylic acids is 1. The van der Waals surface area contributed by atoms with Crippen LogP contribution in [-0.2, 0) is 0 Å². The molecule has 0 aliphatic rings. The Labute approximate surface area is 117 Å². The van der Waals surface area contributed by atoms with E-state index in [9.17, 15) is 4.79 Å². The molecule has 0 spiro atoms. The average molecular weight is 266 g/mol. The van der Waals surface area contributed by atoms with E-state index in [1.807, 2.05) is 6.92 Å². The van der Waals surface area contributed by atoms with Crippen LogP contribution in [0, 0.1) is 18.8 Å². The van der Waals surface area contributed by atoms with Crippen molar-refractivity contribution in [3.8, 4) is 11.8 Å². The van der Waals surface area contributed by atoms with Gasteiger partial charge in [-0.1, -0.05) is 17.9 Å². The number of rotatable bonds is 2. The summed E-state index contributed by atoms with van der Waals surface area (Å²) >= 11 is 0. The van der Waals surface area contributed by atoms with E-state index in [2.05, 4.69) is 22.1 Å². The second-order valence-electron chi connectivity index (χ2n) is 4.13. The fourth-order valence-corrected chi connectivity index (χ4v) is 1.69. The van der Waals surface area contributed by atoms with Crippen LogP contribution in [-0.4, -0.2) is 22.6 Å². The van der Waals surface area contributed by atoms with Gasteiger partial charge in [0.15, 0.2) is 0 Å². The Kier molecular flexibility index (Phi) is 4.48. The Morgan fingerprint density at radius 3 is 2.95 bits per heavy atom. The number of aromatic nitrogens is 1. The summed E-state index contributed by atoms with van der Waals surface area (Å²) in [4.78, 5) is 16.3. The van der Waals surface area contributed by atoms with Gasteiger partial charge in [0, 0.05) is 17.3 Å². The standard InChI is InChI=1S/C16H14N2O2/c1-12-15(8-3-9-17-12)18-16(20)14-7-2-5-13(11-14)6-4-10-19/h2-3,5,7-9,11,19H,10H2,1H3,(H,18,20). The maximum absolute atomic E-state index is 12.2. The number of aliphatic hydroxyl groups excluding tert-OH is 1. The Bertz CT molecular complexity index is 684. The molecule has 0 saturated heterocycles. The number of nitrogens with zero attached hydrogens (tertiary/aromatic N) is 1. The topological polar surface area (TPSA) is 62.2 Å². The summed E-state index contributed by atoms with van der Waals surface area (Å²) in [5.74, 6) is 5.11. The number of carbonyl (C=O) groups is 1. The average Bonchev–Trinajstić information content (AvgIpc) is 2.48. The maximum Gasteiger partial charge on any atom is 0.255 e. The highest BCUT2D eigenvalue weighted by molar-refractivity contribution is 6.04. The molecule has 1 aromatic heterocycles. The van der Waals surface area contributed by atoms with Crippen LogP contribution in [0.2, 0.25) is 0 Å². The van der Waals surface area contributed by atoms with Crippen LogP contribution in [0.3, 0.4) is 0 Å². The van der Waals surface area contributed by atoms with Crippen LogP contribution < -0.4 is 5.32 Å². The second-order valence-corrected chi connectivity index (χ2v) is 4.13. The number of hydrogen-bond acceptors (Lipinski definition) is 3. The zero-order valence-electron chi connectivity index (χ0n) is 11.1. The van der Waals surface area contributed by atoms with Gasteiger partial charge in [0.25, 0.3) is 5.91 Å². The van der Waals surface area contributed by atoms with Crippen molar-refractivity contribution in [3.05, 3.63) is 59.4 Å². The second kappa shape index (κ2) is 6.50. The molecule has 100 valence electrons. The van der Waals surface area contributed by atoms with E-state index in [-0.39, 0.29) is 12.5 Å². The van der Waals surface area contributed by atoms with Crippen molar-refractivity contribution < 1.29 is 9.90 Å². The molecule has 0 unspecified atom stereocenters. The molecular formula is C16H14N2O2. The minimum absolute atomic E-state index is 0.203. The van der Waals surface area contributed by atoms with Crippen LogP contribution in [0.25, 0.3) is 0 Å². The molecule has 0 aliphatic heterocycles. The smallest absolute Gasteiger partial charge is 0.255 e. The molecular weight excluding hydrogens is 252 g/mol. The van der Waals surface area contributed by atoms with Crippen LogP contribution in [0.4, 0.5) is 5.69 Å². The Morgan fingerprint density at radius 2 is 2.20 bits per heavy atom. The van der Waals surface area contributed by atoms with E-state index in [1.54, 1.807) is 42.6 Å². The Balaban J connectivity index is 2.19. The zero-order chi connectivity index (χ0) is 14.4. The van der Waals surface area contributed by atoms with Gasteiger partial charge in [-0.2, -0.15) is 0 Å². The third kappa shape index (κ3) is 3.44. The van der Waals surface area contributed by atoms with Crippen molar-refractivity contribution >= 4 is 11.6 Å². The van der Waals surface area contributed by atoms with Crippen molar-refractivity contribution in [1.82, 2.24) is 4.98 Å². The lowest BCUT2D eigenvalue weighted by molar-refractivity contribution is 0.102.